The molecule has 1 fully saturated rings. The Balaban J connectivity index is 1.09. The second kappa shape index (κ2) is 12.0. The molecule has 38 heavy (non-hydrogen) atoms. The summed E-state index contributed by atoms with van der Waals surface area (Å²) in [5, 5.41) is 7.08. The first-order valence-electron chi connectivity index (χ1n) is 12.6. The molecule has 4 aromatic rings. The lowest BCUT2D eigenvalue weighted by Gasteiger charge is -2.32. The quantitative estimate of drug-likeness (QED) is 0.302. The molecule has 3 aromatic carbocycles. The smallest absolute Gasteiger partial charge is 0.253 e. The molecule has 0 unspecified atom stereocenters. The first kappa shape index (κ1) is 25.7. The van der Waals surface area contributed by atoms with Crippen LogP contribution in [-0.2, 0) is 4.79 Å². The summed E-state index contributed by atoms with van der Waals surface area (Å²) in [4.78, 5) is 31.3. The largest absolute Gasteiger partial charge is 0.493 e. The molecular formula is C29H28BrN5O3. The normalized spacial score (nSPS) is 13.8. The van der Waals surface area contributed by atoms with Crippen LogP contribution in [0.1, 0.15) is 41.1 Å². The average Bonchev–Trinajstić information content (AvgIpc) is 3.50. The number of likely N-dealkylation sites (tertiary alicyclic amines) is 1. The Morgan fingerprint density at radius 3 is 2.47 bits per heavy atom. The van der Waals surface area contributed by atoms with Gasteiger partial charge in [0.2, 0.25) is 5.91 Å². The zero-order chi connectivity index (χ0) is 26.3. The van der Waals surface area contributed by atoms with Gasteiger partial charge in [0.25, 0.3) is 5.91 Å². The lowest BCUT2D eigenvalue weighted by Crippen LogP contribution is -2.37. The number of carbonyl (C=O) groups excluding carboxylic acids is 2. The van der Waals surface area contributed by atoms with Crippen LogP contribution in [0.5, 0.6) is 5.75 Å². The highest BCUT2D eigenvalue weighted by molar-refractivity contribution is 9.10. The number of hydrogen-bond acceptors (Lipinski definition) is 5. The van der Waals surface area contributed by atoms with E-state index in [0.717, 1.165) is 34.4 Å². The van der Waals surface area contributed by atoms with Crippen LogP contribution >= 0.6 is 15.9 Å². The van der Waals surface area contributed by atoms with E-state index >= 15 is 0 Å². The van der Waals surface area contributed by atoms with Crippen LogP contribution in [0.2, 0.25) is 0 Å². The minimum atomic E-state index is -0.0884. The van der Waals surface area contributed by atoms with Crippen molar-refractivity contribution in [1.82, 2.24) is 19.7 Å². The van der Waals surface area contributed by atoms with Crippen LogP contribution in [0.15, 0.2) is 89.9 Å². The van der Waals surface area contributed by atoms with Gasteiger partial charge in [-0.1, -0.05) is 34.1 Å². The predicted octanol–water partition coefficient (Wildman–Crippen LogP) is 5.46. The molecule has 2 amide bonds. The summed E-state index contributed by atoms with van der Waals surface area (Å²) in [6.07, 6.45) is 5.15. The molecule has 8 nitrogen and oxygen atoms in total. The summed E-state index contributed by atoms with van der Waals surface area (Å²) in [5.74, 6) is 1.06. The number of benzene rings is 3. The van der Waals surface area contributed by atoms with E-state index in [1.165, 1.54) is 11.9 Å². The lowest BCUT2D eigenvalue weighted by atomic mass is 9.89. The molecule has 0 aliphatic carbocycles. The highest BCUT2D eigenvalue weighted by Gasteiger charge is 2.25. The molecular weight excluding hydrogens is 546 g/mol. The first-order valence-corrected chi connectivity index (χ1v) is 13.4. The maximum absolute atomic E-state index is 13.1. The number of aromatic nitrogens is 3. The summed E-state index contributed by atoms with van der Waals surface area (Å²) in [6.45, 7) is 1.72. The zero-order valence-corrected chi connectivity index (χ0v) is 22.4. The molecule has 0 radical (unpaired) electrons. The number of anilines is 1. The number of carbonyl (C=O) groups is 2. The fourth-order valence-corrected chi connectivity index (χ4v) is 4.84. The van der Waals surface area contributed by atoms with E-state index in [1.807, 2.05) is 65.6 Å². The van der Waals surface area contributed by atoms with E-state index in [2.05, 4.69) is 43.5 Å². The van der Waals surface area contributed by atoms with E-state index in [4.69, 9.17) is 4.74 Å². The Morgan fingerprint density at radius 2 is 1.76 bits per heavy atom. The van der Waals surface area contributed by atoms with Crippen molar-refractivity contribution in [3.63, 3.8) is 0 Å². The molecule has 0 bridgehead atoms. The van der Waals surface area contributed by atoms with Gasteiger partial charge in [0.05, 0.1) is 18.7 Å². The number of rotatable bonds is 8. The third kappa shape index (κ3) is 6.47. The topological polar surface area (TPSA) is 89.4 Å². The fourth-order valence-electron chi connectivity index (χ4n) is 4.58. The SMILES string of the molecule is O=C(CCOc1ccc(Br)cc1)Nc1ccc(C2CCN(C(=O)c3cccc(-n4cncn4)c3)CC2)cc1. The number of halogens is 1. The number of amides is 2. The van der Waals surface area contributed by atoms with Gasteiger partial charge < -0.3 is 15.0 Å². The monoisotopic (exact) mass is 573 g/mol. The Labute approximate surface area is 229 Å². The van der Waals surface area contributed by atoms with Crippen LogP contribution in [0.4, 0.5) is 5.69 Å². The van der Waals surface area contributed by atoms with Crippen molar-refractivity contribution in [2.24, 2.45) is 0 Å². The molecule has 1 saturated heterocycles. The maximum atomic E-state index is 13.1. The number of hydrogen-bond donors (Lipinski definition) is 1. The van der Waals surface area contributed by atoms with Crippen molar-refractivity contribution in [3.05, 3.63) is 101 Å². The number of ether oxygens (including phenoxy) is 1. The van der Waals surface area contributed by atoms with Crippen molar-refractivity contribution in [3.8, 4) is 11.4 Å². The minimum Gasteiger partial charge on any atom is -0.493 e. The highest BCUT2D eigenvalue weighted by Crippen LogP contribution is 2.29. The molecule has 0 saturated carbocycles. The van der Waals surface area contributed by atoms with Crippen LogP contribution < -0.4 is 10.1 Å². The van der Waals surface area contributed by atoms with E-state index < -0.39 is 0 Å². The van der Waals surface area contributed by atoms with E-state index in [-0.39, 0.29) is 18.2 Å². The first-order chi connectivity index (χ1) is 18.5. The number of nitrogens with one attached hydrogen (secondary N) is 1. The van der Waals surface area contributed by atoms with Gasteiger partial charge >= 0.3 is 0 Å². The molecule has 0 spiro atoms. The van der Waals surface area contributed by atoms with Gasteiger partial charge in [-0.05, 0) is 78.9 Å². The lowest BCUT2D eigenvalue weighted by molar-refractivity contribution is -0.116. The van der Waals surface area contributed by atoms with E-state index in [9.17, 15) is 9.59 Å². The third-order valence-electron chi connectivity index (χ3n) is 6.64. The molecule has 5 rings (SSSR count). The van der Waals surface area contributed by atoms with Crippen molar-refractivity contribution in [2.45, 2.75) is 25.2 Å². The Morgan fingerprint density at radius 1 is 1.00 bits per heavy atom. The number of piperidine rings is 1. The van der Waals surface area contributed by atoms with Gasteiger partial charge in [-0.25, -0.2) is 9.67 Å². The number of nitrogens with zero attached hydrogens (tertiary/aromatic N) is 4. The van der Waals surface area contributed by atoms with Gasteiger partial charge in [-0.2, -0.15) is 5.10 Å². The highest BCUT2D eigenvalue weighted by atomic mass is 79.9. The Hall–Kier alpha value is -3.98. The second-order valence-corrected chi connectivity index (χ2v) is 10.1. The molecule has 1 aromatic heterocycles. The third-order valence-corrected chi connectivity index (χ3v) is 7.16. The van der Waals surface area contributed by atoms with Crippen molar-refractivity contribution >= 4 is 33.4 Å². The summed E-state index contributed by atoms with van der Waals surface area (Å²) >= 11 is 3.39. The van der Waals surface area contributed by atoms with Gasteiger partial charge in [-0.3, -0.25) is 9.59 Å². The molecule has 1 aliphatic rings. The van der Waals surface area contributed by atoms with Crippen LogP contribution in [0.25, 0.3) is 5.69 Å². The van der Waals surface area contributed by atoms with Gasteiger partial charge in [0.1, 0.15) is 18.4 Å². The van der Waals surface area contributed by atoms with Gasteiger partial charge in [-0.15, -0.1) is 0 Å². The Kier molecular flexibility index (Phi) is 8.13. The second-order valence-electron chi connectivity index (χ2n) is 9.18. The predicted molar refractivity (Wildman–Crippen MR) is 149 cm³/mol. The molecule has 1 aliphatic heterocycles. The molecule has 9 heteroatoms. The summed E-state index contributed by atoms with van der Waals surface area (Å²) < 4.78 is 8.26. The minimum absolute atomic E-state index is 0.0348. The standard InChI is InChI=1S/C29H28BrN5O3/c30-24-6-10-27(11-7-24)38-17-14-28(36)33-25-8-4-21(5-9-25)22-12-15-34(16-13-22)29(37)23-2-1-3-26(18-23)35-20-31-19-32-35/h1-11,18-20,22H,12-17H2,(H,33,36). The average molecular weight is 574 g/mol. The maximum Gasteiger partial charge on any atom is 0.253 e. The molecule has 0 atom stereocenters. The molecule has 1 N–H and O–H groups in total. The van der Waals surface area contributed by atoms with E-state index in [1.54, 1.807) is 11.0 Å². The van der Waals surface area contributed by atoms with Crippen LogP contribution in [-0.4, -0.2) is 51.2 Å². The van der Waals surface area contributed by atoms with Crippen LogP contribution in [0, 0.1) is 0 Å². The van der Waals surface area contributed by atoms with Crippen molar-refractivity contribution in [2.75, 3.05) is 25.0 Å². The van der Waals surface area contributed by atoms with Gasteiger partial charge in [0.15, 0.2) is 0 Å². The van der Waals surface area contributed by atoms with Gasteiger partial charge in [0, 0.05) is 28.8 Å². The summed E-state index contributed by atoms with van der Waals surface area (Å²) in [6, 6.07) is 23.0. The molecule has 194 valence electrons. The summed E-state index contributed by atoms with van der Waals surface area (Å²) in [5.41, 5.74) is 3.45. The summed E-state index contributed by atoms with van der Waals surface area (Å²) in [7, 11) is 0. The zero-order valence-electron chi connectivity index (χ0n) is 20.8. The van der Waals surface area contributed by atoms with Crippen LogP contribution in [0.3, 0.4) is 0 Å². The van der Waals surface area contributed by atoms with Crippen molar-refractivity contribution < 1.29 is 14.3 Å². The molecule has 2 heterocycles. The fraction of sp³-hybridized carbons (Fsp3) is 0.241. The Bertz CT molecular complexity index is 1370. The van der Waals surface area contributed by atoms with Crippen molar-refractivity contribution in [1.29, 1.82) is 0 Å². The van der Waals surface area contributed by atoms with E-state index in [0.29, 0.717) is 31.2 Å².